The second-order valence-corrected chi connectivity index (χ2v) is 7.20. The van der Waals surface area contributed by atoms with E-state index in [1.54, 1.807) is 11.3 Å². The SMILES string of the molecule is CCCn1c(-c2cnc(Nc3ccc(Cl)cc3)s2)nc2ccccc21. The summed E-state index contributed by atoms with van der Waals surface area (Å²) in [5.41, 5.74) is 3.15. The molecule has 0 saturated carbocycles. The third kappa shape index (κ3) is 3.25. The average Bonchev–Trinajstić information content (AvgIpc) is 3.22. The molecule has 4 rings (SSSR count). The number of rotatable bonds is 5. The molecule has 0 atom stereocenters. The Hall–Kier alpha value is -2.37. The molecule has 0 unspecified atom stereocenters. The van der Waals surface area contributed by atoms with Crippen LogP contribution < -0.4 is 5.32 Å². The van der Waals surface area contributed by atoms with Crippen LogP contribution in [0.1, 0.15) is 13.3 Å². The maximum atomic E-state index is 5.93. The van der Waals surface area contributed by atoms with E-state index in [9.17, 15) is 0 Å². The lowest BCUT2D eigenvalue weighted by molar-refractivity contribution is 0.705. The molecular formula is C19H17ClN4S. The lowest BCUT2D eigenvalue weighted by atomic mass is 10.3. The Morgan fingerprint density at radius 2 is 1.92 bits per heavy atom. The van der Waals surface area contributed by atoms with Crippen molar-refractivity contribution in [1.82, 2.24) is 14.5 Å². The Labute approximate surface area is 155 Å². The normalized spacial score (nSPS) is 11.1. The fourth-order valence-corrected chi connectivity index (χ4v) is 3.77. The van der Waals surface area contributed by atoms with Crippen molar-refractivity contribution in [3.8, 4) is 10.7 Å². The molecule has 1 N–H and O–H groups in total. The predicted octanol–water partition coefficient (Wildman–Crippen LogP) is 5.97. The highest BCUT2D eigenvalue weighted by molar-refractivity contribution is 7.18. The van der Waals surface area contributed by atoms with Gasteiger partial charge in [0.25, 0.3) is 0 Å². The fraction of sp³-hybridized carbons (Fsp3) is 0.158. The molecule has 0 aliphatic rings. The van der Waals surface area contributed by atoms with Crippen molar-refractivity contribution in [2.75, 3.05) is 5.32 Å². The number of hydrogen-bond donors (Lipinski definition) is 1. The molecule has 0 spiro atoms. The minimum Gasteiger partial charge on any atom is -0.332 e. The van der Waals surface area contributed by atoms with Crippen LogP contribution in [-0.4, -0.2) is 14.5 Å². The summed E-state index contributed by atoms with van der Waals surface area (Å²) in [5, 5.41) is 4.88. The molecule has 126 valence electrons. The summed E-state index contributed by atoms with van der Waals surface area (Å²) >= 11 is 7.53. The minimum atomic E-state index is 0.721. The number of hydrogen-bond acceptors (Lipinski definition) is 4. The van der Waals surface area contributed by atoms with Gasteiger partial charge in [-0.2, -0.15) is 0 Å². The van der Waals surface area contributed by atoms with Crippen LogP contribution in [-0.2, 0) is 6.54 Å². The minimum absolute atomic E-state index is 0.721. The lowest BCUT2D eigenvalue weighted by Crippen LogP contribution is -1.98. The molecule has 0 saturated heterocycles. The molecule has 0 amide bonds. The second kappa shape index (κ2) is 6.86. The maximum absolute atomic E-state index is 5.93. The highest BCUT2D eigenvalue weighted by atomic mass is 35.5. The van der Waals surface area contributed by atoms with Crippen LogP contribution in [0.15, 0.2) is 54.7 Å². The second-order valence-electron chi connectivity index (χ2n) is 5.74. The van der Waals surface area contributed by atoms with Crippen LogP contribution in [0.4, 0.5) is 10.8 Å². The molecule has 25 heavy (non-hydrogen) atoms. The van der Waals surface area contributed by atoms with Crippen LogP contribution >= 0.6 is 22.9 Å². The summed E-state index contributed by atoms with van der Waals surface area (Å²) < 4.78 is 2.27. The topological polar surface area (TPSA) is 42.7 Å². The summed E-state index contributed by atoms with van der Waals surface area (Å²) in [5.74, 6) is 0.977. The third-order valence-electron chi connectivity index (χ3n) is 3.92. The Kier molecular flexibility index (Phi) is 4.42. The van der Waals surface area contributed by atoms with E-state index in [2.05, 4.69) is 40.0 Å². The zero-order valence-electron chi connectivity index (χ0n) is 13.7. The summed E-state index contributed by atoms with van der Waals surface area (Å²) in [6.45, 7) is 3.12. The first-order valence-corrected chi connectivity index (χ1v) is 9.38. The smallest absolute Gasteiger partial charge is 0.187 e. The molecular weight excluding hydrogens is 352 g/mol. The van der Waals surface area contributed by atoms with E-state index in [1.165, 1.54) is 5.52 Å². The number of thiazole rings is 1. The van der Waals surface area contributed by atoms with Crippen molar-refractivity contribution in [3.05, 3.63) is 59.8 Å². The van der Waals surface area contributed by atoms with Crippen molar-refractivity contribution in [2.45, 2.75) is 19.9 Å². The number of fused-ring (bicyclic) bond motifs is 1. The number of nitrogens with zero attached hydrogens (tertiary/aromatic N) is 3. The summed E-state index contributed by atoms with van der Waals surface area (Å²) in [6.07, 6.45) is 2.94. The monoisotopic (exact) mass is 368 g/mol. The fourth-order valence-electron chi connectivity index (χ4n) is 2.81. The van der Waals surface area contributed by atoms with Crippen molar-refractivity contribution >= 4 is 44.8 Å². The lowest BCUT2D eigenvalue weighted by Gasteiger charge is -2.05. The van der Waals surface area contributed by atoms with Crippen LogP contribution in [0.3, 0.4) is 0 Å². The molecule has 6 heteroatoms. The van der Waals surface area contributed by atoms with Crippen LogP contribution in [0.5, 0.6) is 0 Å². The molecule has 4 nitrogen and oxygen atoms in total. The first-order chi connectivity index (χ1) is 12.2. The first kappa shape index (κ1) is 16.1. The van der Waals surface area contributed by atoms with Gasteiger partial charge in [0.1, 0.15) is 0 Å². The van der Waals surface area contributed by atoms with Crippen LogP contribution in [0.25, 0.3) is 21.7 Å². The molecule has 0 bridgehead atoms. The Morgan fingerprint density at radius 1 is 1.12 bits per heavy atom. The van der Waals surface area contributed by atoms with Crippen molar-refractivity contribution in [3.63, 3.8) is 0 Å². The van der Waals surface area contributed by atoms with Gasteiger partial charge >= 0.3 is 0 Å². The van der Waals surface area contributed by atoms with Gasteiger partial charge in [-0.3, -0.25) is 0 Å². The molecule has 4 aromatic rings. The Morgan fingerprint density at radius 3 is 2.72 bits per heavy atom. The molecule has 2 aromatic heterocycles. The van der Waals surface area contributed by atoms with Crippen molar-refractivity contribution in [1.29, 1.82) is 0 Å². The van der Waals surface area contributed by atoms with Gasteiger partial charge in [-0.05, 0) is 42.8 Å². The molecule has 2 aromatic carbocycles. The molecule has 0 aliphatic carbocycles. The molecule has 0 fully saturated rings. The zero-order chi connectivity index (χ0) is 17.2. The van der Waals surface area contributed by atoms with Crippen molar-refractivity contribution < 1.29 is 0 Å². The predicted molar refractivity (Wildman–Crippen MR) is 106 cm³/mol. The van der Waals surface area contributed by atoms with Gasteiger partial charge in [-0.25, -0.2) is 9.97 Å². The standard InChI is InChI=1S/C19H17ClN4S/c1-2-11-24-16-6-4-3-5-15(16)23-18(24)17-12-21-19(25-17)22-14-9-7-13(20)8-10-14/h3-10,12H,2,11H2,1H3,(H,21,22). The summed E-state index contributed by atoms with van der Waals surface area (Å²) in [4.78, 5) is 10.4. The van der Waals surface area contributed by atoms with Gasteiger partial charge in [0.15, 0.2) is 11.0 Å². The number of aromatic nitrogens is 3. The first-order valence-electron chi connectivity index (χ1n) is 8.18. The number of halogens is 1. The maximum Gasteiger partial charge on any atom is 0.187 e. The number of nitrogens with one attached hydrogen (secondary N) is 1. The molecule has 0 radical (unpaired) electrons. The number of benzene rings is 2. The van der Waals surface area contributed by atoms with Gasteiger partial charge < -0.3 is 9.88 Å². The van der Waals surface area contributed by atoms with Crippen LogP contribution in [0, 0.1) is 0 Å². The van der Waals surface area contributed by atoms with E-state index in [4.69, 9.17) is 16.6 Å². The highest BCUT2D eigenvalue weighted by Gasteiger charge is 2.14. The number of aryl methyl sites for hydroxylation is 1. The van der Waals surface area contributed by atoms with Crippen molar-refractivity contribution in [2.24, 2.45) is 0 Å². The van der Waals surface area contributed by atoms with E-state index in [-0.39, 0.29) is 0 Å². The quantitative estimate of drug-likeness (QED) is 0.472. The molecule has 2 heterocycles. The summed E-state index contributed by atoms with van der Waals surface area (Å²) in [7, 11) is 0. The van der Waals surface area contributed by atoms with Gasteiger partial charge in [0.2, 0.25) is 0 Å². The molecule has 0 aliphatic heterocycles. The van der Waals surface area contributed by atoms with Gasteiger partial charge in [0, 0.05) is 17.3 Å². The number of anilines is 2. The average molecular weight is 369 g/mol. The summed E-state index contributed by atoms with van der Waals surface area (Å²) in [6, 6.07) is 15.9. The Balaban J connectivity index is 1.68. The van der Waals surface area contributed by atoms with Gasteiger partial charge in [0.05, 0.1) is 22.1 Å². The largest absolute Gasteiger partial charge is 0.332 e. The van der Waals surface area contributed by atoms with Crippen LogP contribution in [0.2, 0.25) is 5.02 Å². The van der Waals surface area contributed by atoms with Gasteiger partial charge in [-0.15, -0.1) is 0 Å². The van der Waals surface area contributed by atoms with E-state index < -0.39 is 0 Å². The number of para-hydroxylation sites is 2. The van der Waals surface area contributed by atoms with E-state index in [0.717, 1.165) is 45.0 Å². The van der Waals surface area contributed by atoms with E-state index in [0.29, 0.717) is 0 Å². The highest BCUT2D eigenvalue weighted by Crippen LogP contribution is 2.32. The third-order valence-corrected chi connectivity index (χ3v) is 5.08. The van der Waals surface area contributed by atoms with E-state index in [1.807, 2.05) is 36.5 Å². The Bertz CT molecular complexity index is 1000. The zero-order valence-corrected chi connectivity index (χ0v) is 15.3. The van der Waals surface area contributed by atoms with Gasteiger partial charge in [-0.1, -0.05) is 42.0 Å². The number of imidazole rings is 1. The van der Waals surface area contributed by atoms with E-state index >= 15 is 0 Å².